The minimum absolute atomic E-state index is 0.739. The van der Waals surface area contributed by atoms with Crippen LogP contribution in [0.25, 0.3) is 10.8 Å². The SMILES string of the molecule is c1ccc(CN=C2CCc3ccc4ccccc4c3N2)cc1. The van der Waals surface area contributed by atoms with Crippen LogP contribution in [0.1, 0.15) is 17.5 Å². The van der Waals surface area contributed by atoms with Crippen molar-refractivity contribution >= 4 is 22.3 Å². The Morgan fingerprint density at radius 3 is 2.55 bits per heavy atom. The molecule has 3 aromatic carbocycles. The summed E-state index contributed by atoms with van der Waals surface area (Å²) in [5, 5.41) is 6.12. The molecule has 22 heavy (non-hydrogen) atoms. The lowest BCUT2D eigenvalue weighted by molar-refractivity contribution is 0.974. The van der Waals surface area contributed by atoms with Crippen LogP contribution in [0, 0.1) is 0 Å². The van der Waals surface area contributed by atoms with Gasteiger partial charge in [0.15, 0.2) is 0 Å². The lowest BCUT2D eigenvalue weighted by Gasteiger charge is -2.22. The van der Waals surface area contributed by atoms with E-state index in [1.807, 2.05) is 6.07 Å². The third kappa shape index (κ3) is 2.48. The topological polar surface area (TPSA) is 24.4 Å². The minimum atomic E-state index is 0.739. The molecule has 1 heterocycles. The number of aliphatic imine (C=N–C) groups is 1. The van der Waals surface area contributed by atoms with Crippen LogP contribution in [0.5, 0.6) is 0 Å². The first-order chi connectivity index (χ1) is 10.9. The highest BCUT2D eigenvalue weighted by Gasteiger charge is 2.15. The molecule has 0 aliphatic carbocycles. The van der Waals surface area contributed by atoms with E-state index < -0.39 is 0 Å². The maximum Gasteiger partial charge on any atom is 0.101 e. The molecule has 0 saturated heterocycles. The molecule has 0 unspecified atom stereocenters. The fourth-order valence-electron chi connectivity index (χ4n) is 3.02. The van der Waals surface area contributed by atoms with Gasteiger partial charge in [0.05, 0.1) is 12.2 Å². The molecular weight excluding hydrogens is 268 g/mol. The first-order valence-corrected chi connectivity index (χ1v) is 7.75. The molecule has 108 valence electrons. The van der Waals surface area contributed by atoms with Crippen LogP contribution in [0.2, 0.25) is 0 Å². The molecule has 3 aromatic rings. The number of nitrogens with one attached hydrogen (secondary N) is 1. The maximum atomic E-state index is 4.76. The third-order valence-corrected chi connectivity index (χ3v) is 4.21. The van der Waals surface area contributed by atoms with Gasteiger partial charge in [-0.2, -0.15) is 0 Å². The molecule has 0 saturated carbocycles. The molecule has 2 nitrogen and oxygen atoms in total. The Morgan fingerprint density at radius 2 is 1.64 bits per heavy atom. The molecule has 1 aliphatic rings. The summed E-state index contributed by atoms with van der Waals surface area (Å²) >= 11 is 0. The molecular formula is C20H18N2. The molecule has 0 bridgehead atoms. The number of rotatable bonds is 2. The molecule has 1 aliphatic heterocycles. The van der Waals surface area contributed by atoms with Gasteiger partial charge < -0.3 is 5.32 Å². The summed E-state index contributed by atoms with van der Waals surface area (Å²) in [6.07, 6.45) is 2.04. The quantitative estimate of drug-likeness (QED) is 0.719. The standard InChI is InChI=1S/C20H18N2/c1-2-6-15(7-3-1)14-21-19-13-12-17-11-10-16-8-4-5-9-18(16)20(17)22-19/h1-11H,12-14H2,(H,21,22). The van der Waals surface area contributed by atoms with E-state index in [0.717, 1.165) is 25.2 Å². The number of hydrogen-bond acceptors (Lipinski definition) is 1. The summed E-state index contributed by atoms with van der Waals surface area (Å²) in [6, 6.07) is 23.4. The molecule has 4 rings (SSSR count). The summed E-state index contributed by atoms with van der Waals surface area (Å²) in [6.45, 7) is 0.739. The second kappa shape index (κ2) is 5.64. The van der Waals surface area contributed by atoms with Gasteiger partial charge in [0, 0.05) is 11.8 Å². The van der Waals surface area contributed by atoms with Gasteiger partial charge in [0.2, 0.25) is 0 Å². The number of benzene rings is 3. The molecule has 2 heteroatoms. The molecule has 0 spiro atoms. The van der Waals surface area contributed by atoms with Crippen molar-refractivity contribution in [1.82, 2.24) is 0 Å². The van der Waals surface area contributed by atoms with Crippen LogP contribution >= 0.6 is 0 Å². The van der Waals surface area contributed by atoms with E-state index in [2.05, 4.69) is 66.0 Å². The van der Waals surface area contributed by atoms with Gasteiger partial charge >= 0.3 is 0 Å². The highest BCUT2D eigenvalue weighted by Crippen LogP contribution is 2.31. The summed E-state index contributed by atoms with van der Waals surface area (Å²) in [7, 11) is 0. The highest BCUT2D eigenvalue weighted by atomic mass is 15.0. The monoisotopic (exact) mass is 286 g/mol. The number of nitrogens with zero attached hydrogens (tertiary/aromatic N) is 1. The van der Waals surface area contributed by atoms with Crippen LogP contribution in [0.15, 0.2) is 71.7 Å². The van der Waals surface area contributed by atoms with Crippen LogP contribution in [0.3, 0.4) is 0 Å². The second-order valence-corrected chi connectivity index (χ2v) is 5.69. The lowest BCUT2D eigenvalue weighted by atomic mass is 9.97. The van der Waals surface area contributed by atoms with Crippen molar-refractivity contribution in [2.24, 2.45) is 4.99 Å². The Balaban J connectivity index is 1.64. The van der Waals surface area contributed by atoms with Gasteiger partial charge in [-0.05, 0) is 22.9 Å². The first kappa shape index (κ1) is 13.1. The number of aryl methyl sites for hydroxylation is 1. The Bertz CT molecular complexity index is 835. The maximum absolute atomic E-state index is 4.76. The summed E-state index contributed by atoms with van der Waals surface area (Å²) in [5.74, 6) is 1.09. The van der Waals surface area contributed by atoms with Crippen molar-refractivity contribution in [3.63, 3.8) is 0 Å². The zero-order chi connectivity index (χ0) is 14.8. The van der Waals surface area contributed by atoms with E-state index in [0.29, 0.717) is 0 Å². The number of hydrogen-bond donors (Lipinski definition) is 1. The average Bonchev–Trinajstić information content (AvgIpc) is 2.60. The van der Waals surface area contributed by atoms with Crippen LogP contribution in [-0.2, 0) is 13.0 Å². The normalized spacial score (nSPS) is 15.5. The Kier molecular flexibility index (Phi) is 3.36. The Labute approximate surface area is 130 Å². The van der Waals surface area contributed by atoms with Crippen molar-refractivity contribution in [1.29, 1.82) is 0 Å². The van der Waals surface area contributed by atoms with Crippen molar-refractivity contribution in [3.8, 4) is 0 Å². The Hall–Kier alpha value is -2.61. The fourth-order valence-corrected chi connectivity index (χ4v) is 3.02. The molecule has 0 aromatic heterocycles. The summed E-state index contributed by atoms with van der Waals surface area (Å²) in [4.78, 5) is 4.76. The number of anilines is 1. The van der Waals surface area contributed by atoms with Gasteiger partial charge in [0.1, 0.15) is 5.84 Å². The van der Waals surface area contributed by atoms with Crippen molar-refractivity contribution in [2.75, 3.05) is 5.32 Å². The molecule has 0 amide bonds. The van der Waals surface area contributed by atoms with E-state index in [1.54, 1.807) is 0 Å². The minimum Gasteiger partial charge on any atom is -0.343 e. The smallest absolute Gasteiger partial charge is 0.101 e. The third-order valence-electron chi connectivity index (χ3n) is 4.21. The molecule has 1 N–H and O–H groups in total. The fraction of sp³-hybridized carbons (Fsp3) is 0.150. The van der Waals surface area contributed by atoms with E-state index in [-0.39, 0.29) is 0 Å². The molecule has 0 radical (unpaired) electrons. The zero-order valence-corrected chi connectivity index (χ0v) is 12.4. The lowest BCUT2D eigenvalue weighted by Crippen LogP contribution is -2.20. The number of fused-ring (bicyclic) bond motifs is 3. The van der Waals surface area contributed by atoms with Crippen molar-refractivity contribution in [2.45, 2.75) is 19.4 Å². The van der Waals surface area contributed by atoms with Gasteiger partial charge in [0.25, 0.3) is 0 Å². The summed E-state index contributed by atoms with van der Waals surface area (Å²) in [5.41, 5.74) is 3.87. The van der Waals surface area contributed by atoms with Crippen LogP contribution < -0.4 is 5.32 Å². The van der Waals surface area contributed by atoms with Gasteiger partial charge in [-0.3, -0.25) is 4.99 Å². The van der Waals surface area contributed by atoms with Gasteiger partial charge in [-0.1, -0.05) is 66.7 Å². The highest BCUT2D eigenvalue weighted by molar-refractivity contribution is 6.07. The van der Waals surface area contributed by atoms with E-state index in [1.165, 1.54) is 27.6 Å². The predicted molar refractivity (Wildman–Crippen MR) is 93.5 cm³/mol. The van der Waals surface area contributed by atoms with E-state index >= 15 is 0 Å². The first-order valence-electron chi connectivity index (χ1n) is 7.75. The van der Waals surface area contributed by atoms with Gasteiger partial charge in [-0.15, -0.1) is 0 Å². The number of amidine groups is 1. The average molecular weight is 286 g/mol. The zero-order valence-electron chi connectivity index (χ0n) is 12.4. The second-order valence-electron chi connectivity index (χ2n) is 5.69. The van der Waals surface area contributed by atoms with E-state index in [4.69, 9.17) is 4.99 Å². The van der Waals surface area contributed by atoms with Crippen molar-refractivity contribution < 1.29 is 0 Å². The Morgan fingerprint density at radius 1 is 0.818 bits per heavy atom. The largest absolute Gasteiger partial charge is 0.343 e. The predicted octanol–water partition coefficient (Wildman–Crippen LogP) is 4.80. The van der Waals surface area contributed by atoms with Crippen LogP contribution in [-0.4, -0.2) is 5.84 Å². The molecule has 0 fully saturated rings. The van der Waals surface area contributed by atoms with Gasteiger partial charge in [-0.25, -0.2) is 0 Å². The summed E-state index contributed by atoms with van der Waals surface area (Å²) < 4.78 is 0. The van der Waals surface area contributed by atoms with Crippen LogP contribution in [0.4, 0.5) is 5.69 Å². The van der Waals surface area contributed by atoms with Crippen molar-refractivity contribution in [3.05, 3.63) is 77.9 Å². The van der Waals surface area contributed by atoms with E-state index in [9.17, 15) is 0 Å². The molecule has 0 atom stereocenters.